The second-order valence-electron chi connectivity index (χ2n) is 6.55. The fourth-order valence-corrected chi connectivity index (χ4v) is 4.89. The van der Waals surface area contributed by atoms with Gasteiger partial charge in [0, 0.05) is 6.54 Å². The first-order chi connectivity index (χ1) is 11.4. The zero-order chi connectivity index (χ0) is 17.3. The number of sulfonamides is 1. The molecular weight excluding hydrogens is 325 g/mol. The van der Waals surface area contributed by atoms with Crippen molar-refractivity contribution < 1.29 is 12.8 Å². The highest BCUT2D eigenvalue weighted by Crippen LogP contribution is 2.36. The van der Waals surface area contributed by atoms with Gasteiger partial charge in [-0.1, -0.05) is 38.1 Å². The highest BCUT2D eigenvalue weighted by atomic mass is 32.2. The van der Waals surface area contributed by atoms with Gasteiger partial charge in [-0.05, 0) is 54.2 Å². The van der Waals surface area contributed by atoms with E-state index >= 15 is 0 Å². The molecule has 1 heterocycles. The van der Waals surface area contributed by atoms with E-state index < -0.39 is 10.0 Å². The van der Waals surface area contributed by atoms with Gasteiger partial charge in [-0.15, -0.1) is 0 Å². The Morgan fingerprint density at radius 2 is 1.67 bits per heavy atom. The third kappa shape index (κ3) is 3.23. The van der Waals surface area contributed by atoms with Crippen molar-refractivity contribution in [1.29, 1.82) is 0 Å². The molecule has 3 nitrogen and oxygen atoms in total. The van der Waals surface area contributed by atoms with Gasteiger partial charge < -0.3 is 0 Å². The van der Waals surface area contributed by atoms with Gasteiger partial charge in [0.25, 0.3) is 0 Å². The Bertz CT molecular complexity index is 798. The van der Waals surface area contributed by atoms with Crippen molar-refractivity contribution in [2.75, 3.05) is 6.54 Å². The molecule has 1 aliphatic rings. The summed E-state index contributed by atoms with van der Waals surface area (Å²) < 4.78 is 40.7. The van der Waals surface area contributed by atoms with E-state index in [4.69, 9.17) is 0 Å². The van der Waals surface area contributed by atoms with Crippen molar-refractivity contribution in [2.24, 2.45) is 0 Å². The van der Waals surface area contributed by atoms with Crippen LogP contribution in [-0.2, 0) is 10.0 Å². The number of halogens is 1. The lowest BCUT2D eigenvalue weighted by atomic mass is 10.0. The number of hydrogen-bond acceptors (Lipinski definition) is 2. The molecule has 3 rings (SSSR count). The quantitative estimate of drug-likeness (QED) is 0.818. The molecule has 0 unspecified atom stereocenters. The third-order valence-corrected chi connectivity index (χ3v) is 6.53. The minimum Gasteiger partial charge on any atom is -0.207 e. The highest BCUT2D eigenvalue weighted by molar-refractivity contribution is 7.89. The SMILES string of the molecule is CC(C)c1ccc(S(=O)(=O)N2CCC[C@H]2c2ccc(F)cc2)cc1. The Kier molecular flexibility index (Phi) is 4.74. The summed E-state index contributed by atoms with van der Waals surface area (Å²) in [5.74, 6) is 0.0518. The van der Waals surface area contributed by atoms with Crippen LogP contribution in [0.1, 0.15) is 49.8 Å². The van der Waals surface area contributed by atoms with Crippen LogP contribution in [0.25, 0.3) is 0 Å². The molecule has 0 spiro atoms. The highest BCUT2D eigenvalue weighted by Gasteiger charge is 2.36. The van der Waals surface area contributed by atoms with Gasteiger partial charge in [-0.3, -0.25) is 0 Å². The first-order valence-corrected chi connectivity index (χ1v) is 9.71. The molecule has 0 amide bonds. The number of benzene rings is 2. The third-order valence-electron chi connectivity index (χ3n) is 4.61. The molecule has 0 N–H and O–H groups in total. The Balaban J connectivity index is 1.91. The van der Waals surface area contributed by atoms with Gasteiger partial charge in [-0.2, -0.15) is 4.31 Å². The first kappa shape index (κ1) is 17.1. The average Bonchev–Trinajstić information content (AvgIpc) is 3.06. The molecule has 1 fully saturated rings. The van der Waals surface area contributed by atoms with Crippen molar-refractivity contribution in [2.45, 2.75) is 43.5 Å². The molecular formula is C19H22FNO2S. The summed E-state index contributed by atoms with van der Waals surface area (Å²) in [4.78, 5) is 0.320. The summed E-state index contributed by atoms with van der Waals surface area (Å²) in [6.07, 6.45) is 1.57. The Labute approximate surface area is 143 Å². The topological polar surface area (TPSA) is 37.4 Å². The summed E-state index contributed by atoms with van der Waals surface area (Å²) in [5.41, 5.74) is 1.96. The zero-order valence-corrected chi connectivity index (χ0v) is 14.8. The fraction of sp³-hybridized carbons (Fsp3) is 0.368. The normalized spacial score (nSPS) is 19.1. The van der Waals surface area contributed by atoms with Crippen LogP contribution in [0, 0.1) is 5.82 Å². The molecule has 1 atom stereocenters. The summed E-state index contributed by atoms with van der Waals surface area (Å²) >= 11 is 0. The van der Waals surface area contributed by atoms with Crippen molar-refractivity contribution >= 4 is 10.0 Å². The van der Waals surface area contributed by atoms with Crippen LogP contribution in [0.2, 0.25) is 0 Å². The van der Waals surface area contributed by atoms with E-state index in [-0.39, 0.29) is 11.9 Å². The van der Waals surface area contributed by atoms with E-state index in [0.29, 0.717) is 17.4 Å². The molecule has 0 aromatic heterocycles. The van der Waals surface area contributed by atoms with Crippen LogP contribution in [0.3, 0.4) is 0 Å². The Morgan fingerprint density at radius 1 is 1.04 bits per heavy atom. The van der Waals surface area contributed by atoms with E-state index in [9.17, 15) is 12.8 Å². The van der Waals surface area contributed by atoms with Crippen molar-refractivity contribution in [1.82, 2.24) is 4.31 Å². The Morgan fingerprint density at radius 3 is 2.25 bits per heavy atom. The molecule has 0 bridgehead atoms. The van der Waals surface area contributed by atoms with Crippen LogP contribution in [0.15, 0.2) is 53.4 Å². The van der Waals surface area contributed by atoms with Crippen molar-refractivity contribution in [3.05, 3.63) is 65.5 Å². The van der Waals surface area contributed by atoms with Crippen molar-refractivity contribution in [3.8, 4) is 0 Å². The van der Waals surface area contributed by atoms with Crippen molar-refractivity contribution in [3.63, 3.8) is 0 Å². The van der Waals surface area contributed by atoms with E-state index in [2.05, 4.69) is 13.8 Å². The summed E-state index contributed by atoms with van der Waals surface area (Å²) in [5, 5.41) is 0. The molecule has 0 saturated carbocycles. The maximum Gasteiger partial charge on any atom is 0.243 e. The maximum absolute atomic E-state index is 13.1. The van der Waals surface area contributed by atoms with E-state index in [0.717, 1.165) is 24.0 Å². The predicted molar refractivity (Wildman–Crippen MR) is 92.8 cm³/mol. The molecule has 1 saturated heterocycles. The molecule has 1 aliphatic heterocycles. The zero-order valence-electron chi connectivity index (χ0n) is 13.9. The number of hydrogen-bond donors (Lipinski definition) is 0. The lowest BCUT2D eigenvalue weighted by molar-refractivity contribution is 0.396. The molecule has 0 radical (unpaired) electrons. The van der Waals surface area contributed by atoms with Gasteiger partial charge in [-0.25, -0.2) is 12.8 Å². The summed E-state index contributed by atoms with van der Waals surface area (Å²) in [6, 6.07) is 13.0. The molecule has 24 heavy (non-hydrogen) atoms. The smallest absolute Gasteiger partial charge is 0.207 e. The predicted octanol–water partition coefficient (Wildman–Crippen LogP) is 4.47. The molecule has 0 aliphatic carbocycles. The van der Waals surface area contributed by atoms with E-state index in [1.165, 1.54) is 12.1 Å². The Hall–Kier alpha value is -1.72. The monoisotopic (exact) mass is 347 g/mol. The molecule has 2 aromatic rings. The maximum atomic E-state index is 13.1. The van der Waals surface area contributed by atoms with Gasteiger partial charge in [0.05, 0.1) is 10.9 Å². The summed E-state index contributed by atoms with van der Waals surface area (Å²) in [6.45, 7) is 4.65. The minimum absolute atomic E-state index is 0.222. The minimum atomic E-state index is -3.55. The lowest BCUT2D eigenvalue weighted by Gasteiger charge is -2.24. The second-order valence-corrected chi connectivity index (χ2v) is 8.44. The van der Waals surface area contributed by atoms with E-state index in [1.54, 1.807) is 28.6 Å². The van der Waals surface area contributed by atoms with Crippen LogP contribution in [-0.4, -0.2) is 19.3 Å². The van der Waals surface area contributed by atoms with Gasteiger partial charge in [0.15, 0.2) is 0 Å². The van der Waals surface area contributed by atoms with E-state index in [1.807, 2.05) is 12.1 Å². The van der Waals surface area contributed by atoms with Gasteiger partial charge >= 0.3 is 0 Å². The number of rotatable bonds is 4. The summed E-state index contributed by atoms with van der Waals surface area (Å²) in [7, 11) is -3.55. The van der Waals surface area contributed by atoms with Gasteiger partial charge in [0.2, 0.25) is 10.0 Å². The fourth-order valence-electron chi connectivity index (χ4n) is 3.21. The number of nitrogens with zero attached hydrogens (tertiary/aromatic N) is 1. The molecule has 128 valence electrons. The van der Waals surface area contributed by atoms with Crippen LogP contribution in [0.5, 0.6) is 0 Å². The standard InChI is InChI=1S/C19H22FNO2S/c1-14(2)15-7-11-18(12-8-15)24(22,23)21-13-3-4-19(21)16-5-9-17(20)10-6-16/h5-12,14,19H,3-4,13H2,1-2H3/t19-/m0/s1. The van der Waals surface area contributed by atoms with Crippen LogP contribution in [0.4, 0.5) is 4.39 Å². The lowest BCUT2D eigenvalue weighted by Crippen LogP contribution is -2.30. The largest absolute Gasteiger partial charge is 0.243 e. The van der Waals surface area contributed by atoms with Gasteiger partial charge in [0.1, 0.15) is 5.82 Å². The average molecular weight is 347 g/mol. The molecule has 5 heteroatoms. The first-order valence-electron chi connectivity index (χ1n) is 8.27. The van der Waals surface area contributed by atoms with Crippen LogP contribution < -0.4 is 0 Å². The molecule has 2 aromatic carbocycles. The van der Waals surface area contributed by atoms with Crippen LogP contribution >= 0.6 is 0 Å². The second kappa shape index (κ2) is 6.65.